The SMILES string of the molecule is CCOC(=O)CC(O)CNCC(C)(C)CCOC. The summed E-state index contributed by atoms with van der Waals surface area (Å²) in [5.74, 6) is -0.356. The lowest BCUT2D eigenvalue weighted by molar-refractivity contribution is -0.145. The molecule has 0 rings (SSSR count). The molecule has 0 fully saturated rings. The number of aliphatic hydroxyl groups is 1. The van der Waals surface area contributed by atoms with E-state index in [0.717, 1.165) is 19.6 Å². The first kappa shape index (κ1) is 17.4. The predicted molar refractivity (Wildman–Crippen MR) is 70.4 cm³/mol. The van der Waals surface area contributed by atoms with Crippen LogP contribution >= 0.6 is 0 Å². The van der Waals surface area contributed by atoms with Gasteiger partial charge in [-0.1, -0.05) is 13.8 Å². The van der Waals surface area contributed by atoms with E-state index >= 15 is 0 Å². The van der Waals surface area contributed by atoms with Gasteiger partial charge in [-0.2, -0.15) is 0 Å². The third-order valence-electron chi connectivity index (χ3n) is 2.67. The molecule has 1 unspecified atom stereocenters. The Morgan fingerprint density at radius 3 is 2.67 bits per heavy atom. The Hall–Kier alpha value is -0.650. The summed E-state index contributed by atoms with van der Waals surface area (Å²) in [6, 6.07) is 0. The van der Waals surface area contributed by atoms with Crippen molar-refractivity contribution in [2.24, 2.45) is 5.41 Å². The molecule has 0 aromatic rings. The second-order valence-corrected chi connectivity index (χ2v) is 5.20. The highest BCUT2D eigenvalue weighted by Gasteiger charge is 2.18. The van der Waals surface area contributed by atoms with Gasteiger partial charge < -0.3 is 19.9 Å². The first-order chi connectivity index (χ1) is 8.41. The summed E-state index contributed by atoms with van der Waals surface area (Å²) in [6.45, 7) is 8.27. The molecule has 1 atom stereocenters. The molecule has 5 nitrogen and oxygen atoms in total. The summed E-state index contributed by atoms with van der Waals surface area (Å²) < 4.78 is 9.82. The molecule has 18 heavy (non-hydrogen) atoms. The van der Waals surface area contributed by atoms with E-state index in [1.165, 1.54) is 0 Å². The van der Waals surface area contributed by atoms with Crippen LogP contribution in [0.1, 0.15) is 33.6 Å². The quantitative estimate of drug-likeness (QED) is 0.573. The molecule has 0 amide bonds. The lowest BCUT2D eigenvalue weighted by Crippen LogP contribution is -2.36. The van der Waals surface area contributed by atoms with Gasteiger partial charge >= 0.3 is 5.97 Å². The van der Waals surface area contributed by atoms with Crippen LogP contribution in [0, 0.1) is 5.41 Å². The molecule has 0 heterocycles. The van der Waals surface area contributed by atoms with Crippen molar-refractivity contribution in [1.82, 2.24) is 5.32 Å². The van der Waals surface area contributed by atoms with Gasteiger partial charge in [0.1, 0.15) is 0 Å². The van der Waals surface area contributed by atoms with Crippen molar-refractivity contribution in [3.8, 4) is 0 Å². The molecule has 0 spiro atoms. The van der Waals surface area contributed by atoms with Gasteiger partial charge in [0.2, 0.25) is 0 Å². The fraction of sp³-hybridized carbons (Fsp3) is 0.923. The summed E-state index contributed by atoms with van der Waals surface area (Å²) in [4.78, 5) is 11.1. The summed E-state index contributed by atoms with van der Waals surface area (Å²) in [6.07, 6.45) is 0.298. The lowest BCUT2D eigenvalue weighted by atomic mass is 9.89. The summed E-state index contributed by atoms with van der Waals surface area (Å²) in [7, 11) is 1.69. The topological polar surface area (TPSA) is 67.8 Å². The van der Waals surface area contributed by atoms with Crippen LogP contribution in [0.2, 0.25) is 0 Å². The van der Waals surface area contributed by atoms with Crippen LogP contribution in [0.4, 0.5) is 0 Å². The van der Waals surface area contributed by atoms with E-state index in [0.29, 0.717) is 13.2 Å². The van der Waals surface area contributed by atoms with Gasteiger partial charge in [0.15, 0.2) is 0 Å². The molecule has 0 aromatic carbocycles. The normalized spacial score (nSPS) is 13.4. The molecule has 0 aromatic heterocycles. The van der Waals surface area contributed by atoms with E-state index < -0.39 is 6.10 Å². The fourth-order valence-corrected chi connectivity index (χ4v) is 1.53. The van der Waals surface area contributed by atoms with Gasteiger partial charge in [-0.3, -0.25) is 4.79 Å². The highest BCUT2D eigenvalue weighted by atomic mass is 16.5. The summed E-state index contributed by atoms with van der Waals surface area (Å²) in [5.41, 5.74) is 0.111. The van der Waals surface area contributed by atoms with Crippen molar-refractivity contribution in [1.29, 1.82) is 0 Å². The Balaban J connectivity index is 3.72. The Bertz CT molecular complexity index is 231. The van der Waals surface area contributed by atoms with E-state index in [1.54, 1.807) is 14.0 Å². The number of aliphatic hydroxyl groups excluding tert-OH is 1. The van der Waals surface area contributed by atoms with Crippen molar-refractivity contribution in [3.05, 3.63) is 0 Å². The zero-order chi connectivity index (χ0) is 14.0. The molecule has 5 heteroatoms. The van der Waals surface area contributed by atoms with Crippen molar-refractivity contribution in [2.45, 2.75) is 39.7 Å². The van der Waals surface area contributed by atoms with Crippen LogP contribution in [-0.4, -0.2) is 50.6 Å². The molecular weight excluding hydrogens is 234 g/mol. The van der Waals surface area contributed by atoms with Crippen LogP contribution in [0.25, 0.3) is 0 Å². The van der Waals surface area contributed by atoms with Crippen molar-refractivity contribution in [3.63, 3.8) is 0 Å². The van der Waals surface area contributed by atoms with E-state index in [9.17, 15) is 9.90 Å². The highest BCUT2D eigenvalue weighted by molar-refractivity contribution is 5.69. The zero-order valence-electron chi connectivity index (χ0n) is 12.0. The Labute approximate surface area is 110 Å². The van der Waals surface area contributed by atoms with Crippen LogP contribution in [0.3, 0.4) is 0 Å². The standard InChI is InChI=1S/C13H27NO4/c1-5-18-12(16)8-11(15)9-14-10-13(2,3)6-7-17-4/h11,14-15H,5-10H2,1-4H3. The lowest BCUT2D eigenvalue weighted by Gasteiger charge is -2.25. The monoisotopic (exact) mass is 261 g/mol. The number of carbonyl (C=O) groups is 1. The molecular formula is C13H27NO4. The van der Waals surface area contributed by atoms with Crippen molar-refractivity contribution >= 4 is 5.97 Å². The Kier molecular flexibility index (Phi) is 8.97. The average molecular weight is 261 g/mol. The number of ether oxygens (including phenoxy) is 2. The first-order valence-corrected chi connectivity index (χ1v) is 6.44. The Morgan fingerprint density at radius 2 is 2.11 bits per heavy atom. The number of esters is 1. The van der Waals surface area contributed by atoms with Crippen molar-refractivity contribution < 1.29 is 19.4 Å². The molecule has 2 N–H and O–H groups in total. The Morgan fingerprint density at radius 1 is 1.44 bits per heavy atom. The minimum atomic E-state index is -0.692. The molecule has 0 aliphatic rings. The van der Waals surface area contributed by atoms with Gasteiger partial charge in [-0.05, 0) is 18.8 Å². The van der Waals surface area contributed by atoms with E-state index in [4.69, 9.17) is 9.47 Å². The minimum Gasteiger partial charge on any atom is -0.466 e. The number of methoxy groups -OCH3 is 1. The summed E-state index contributed by atoms with van der Waals surface area (Å²) in [5, 5.41) is 12.8. The fourth-order valence-electron chi connectivity index (χ4n) is 1.53. The maximum Gasteiger partial charge on any atom is 0.308 e. The molecule has 0 saturated heterocycles. The minimum absolute atomic E-state index is 0.0410. The van der Waals surface area contributed by atoms with Gasteiger partial charge in [0.25, 0.3) is 0 Å². The number of hydrogen-bond acceptors (Lipinski definition) is 5. The molecule has 0 aliphatic heterocycles. The number of rotatable bonds is 10. The van der Waals surface area contributed by atoms with Crippen LogP contribution < -0.4 is 5.32 Å². The number of nitrogens with one attached hydrogen (secondary N) is 1. The van der Waals surface area contributed by atoms with Gasteiger partial charge in [0, 0.05) is 26.8 Å². The first-order valence-electron chi connectivity index (χ1n) is 6.44. The smallest absolute Gasteiger partial charge is 0.308 e. The van der Waals surface area contributed by atoms with Gasteiger partial charge in [-0.25, -0.2) is 0 Å². The highest BCUT2D eigenvalue weighted by Crippen LogP contribution is 2.18. The molecule has 108 valence electrons. The molecule has 0 bridgehead atoms. The maximum absolute atomic E-state index is 11.1. The van der Waals surface area contributed by atoms with Crippen molar-refractivity contribution in [2.75, 3.05) is 33.4 Å². The second kappa shape index (κ2) is 9.30. The van der Waals surface area contributed by atoms with Crippen LogP contribution in [0.5, 0.6) is 0 Å². The number of hydrogen-bond donors (Lipinski definition) is 2. The summed E-state index contributed by atoms with van der Waals surface area (Å²) >= 11 is 0. The average Bonchev–Trinajstić information content (AvgIpc) is 2.26. The van der Waals surface area contributed by atoms with E-state index in [1.807, 2.05) is 0 Å². The third-order valence-corrected chi connectivity index (χ3v) is 2.67. The van der Waals surface area contributed by atoms with E-state index in [-0.39, 0.29) is 17.8 Å². The predicted octanol–water partition coefficient (Wildman–Crippen LogP) is 0.953. The zero-order valence-corrected chi connectivity index (χ0v) is 12.0. The van der Waals surface area contributed by atoms with Gasteiger partial charge in [0.05, 0.1) is 19.1 Å². The molecule has 0 radical (unpaired) electrons. The van der Waals surface area contributed by atoms with Gasteiger partial charge in [-0.15, -0.1) is 0 Å². The second-order valence-electron chi connectivity index (χ2n) is 5.20. The van der Waals surface area contributed by atoms with Crippen LogP contribution in [-0.2, 0) is 14.3 Å². The molecule has 0 aliphatic carbocycles. The third kappa shape index (κ3) is 9.39. The maximum atomic E-state index is 11.1. The molecule has 0 saturated carbocycles. The number of carbonyl (C=O) groups excluding carboxylic acids is 1. The van der Waals surface area contributed by atoms with Crippen LogP contribution in [0.15, 0.2) is 0 Å². The van der Waals surface area contributed by atoms with E-state index in [2.05, 4.69) is 19.2 Å². The largest absolute Gasteiger partial charge is 0.466 e.